The van der Waals surface area contributed by atoms with E-state index in [-0.39, 0.29) is 6.04 Å². The number of hydrogen-bond donors (Lipinski definition) is 1. The normalized spacial score (nSPS) is 12.8. The third kappa shape index (κ3) is 1.74. The van der Waals surface area contributed by atoms with E-state index in [9.17, 15) is 0 Å². The van der Waals surface area contributed by atoms with Crippen molar-refractivity contribution in [2.24, 2.45) is 5.73 Å². The molecule has 0 aliphatic carbocycles. The van der Waals surface area contributed by atoms with Crippen molar-refractivity contribution in [1.29, 1.82) is 5.26 Å². The van der Waals surface area contributed by atoms with Crippen LogP contribution in [0.25, 0.3) is 0 Å². The van der Waals surface area contributed by atoms with E-state index in [2.05, 4.69) is 0 Å². The van der Waals surface area contributed by atoms with E-state index >= 15 is 0 Å². The fraction of sp³-hybridized carbons (Fsp3) is 0.750. The smallest absolute Gasteiger partial charge is 0.0925 e. The van der Waals surface area contributed by atoms with Crippen molar-refractivity contribution in [2.75, 3.05) is 0 Å². The zero-order valence-electron chi connectivity index (χ0n) is 3.81. The standard InChI is InChI=1S/C4H8N2/c1-2-4(6)3-5/h4H,2,6H2,1H3/t4-/m1/s1. The lowest BCUT2D eigenvalue weighted by Gasteiger charge is -1.88. The molecular formula is C4H8N2. The molecule has 0 aromatic carbocycles. The first-order valence-electron chi connectivity index (χ1n) is 1.96. The predicted molar refractivity (Wildman–Crippen MR) is 23.9 cm³/mol. The summed E-state index contributed by atoms with van der Waals surface area (Å²) < 4.78 is 0. The molecule has 0 aromatic rings. The van der Waals surface area contributed by atoms with Crippen molar-refractivity contribution in [1.82, 2.24) is 0 Å². The van der Waals surface area contributed by atoms with E-state index in [1.165, 1.54) is 0 Å². The van der Waals surface area contributed by atoms with Crippen molar-refractivity contribution in [2.45, 2.75) is 19.4 Å². The molecule has 1 atom stereocenters. The third-order valence-corrected chi connectivity index (χ3v) is 0.606. The second kappa shape index (κ2) is 2.67. The maximum Gasteiger partial charge on any atom is 0.0925 e. The minimum atomic E-state index is -0.259. The van der Waals surface area contributed by atoms with E-state index in [0.29, 0.717) is 0 Å². The molecule has 34 valence electrons. The third-order valence-electron chi connectivity index (χ3n) is 0.606. The molecule has 0 heterocycles. The van der Waals surface area contributed by atoms with E-state index in [1.54, 1.807) is 0 Å². The van der Waals surface area contributed by atoms with Crippen LogP contribution in [0.3, 0.4) is 0 Å². The lowest BCUT2D eigenvalue weighted by atomic mass is 10.3. The lowest BCUT2D eigenvalue weighted by Crippen LogP contribution is -2.14. The first kappa shape index (κ1) is 5.45. The van der Waals surface area contributed by atoms with Crippen molar-refractivity contribution in [3.8, 4) is 6.07 Å². The van der Waals surface area contributed by atoms with Gasteiger partial charge >= 0.3 is 0 Å². The van der Waals surface area contributed by atoms with Gasteiger partial charge in [-0.1, -0.05) is 6.92 Å². The Morgan fingerprint density at radius 2 is 2.50 bits per heavy atom. The summed E-state index contributed by atoms with van der Waals surface area (Å²) in [5.41, 5.74) is 5.11. The summed E-state index contributed by atoms with van der Waals surface area (Å²) in [7, 11) is 0. The molecule has 0 saturated heterocycles. The molecule has 0 radical (unpaired) electrons. The van der Waals surface area contributed by atoms with Crippen LogP contribution in [0.2, 0.25) is 0 Å². The summed E-state index contributed by atoms with van der Waals surface area (Å²) in [5.74, 6) is 0. The van der Waals surface area contributed by atoms with Crippen molar-refractivity contribution in [3.63, 3.8) is 0 Å². The SMILES string of the molecule is CC[C@@H](N)C#N. The van der Waals surface area contributed by atoms with Gasteiger partial charge in [0.15, 0.2) is 0 Å². The molecule has 0 bridgehead atoms. The van der Waals surface area contributed by atoms with Gasteiger partial charge < -0.3 is 5.73 Å². The minimum Gasteiger partial charge on any atom is -0.316 e. The monoisotopic (exact) mass is 84.1 g/mol. The van der Waals surface area contributed by atoms with Crippen LogP contribution in [0.4, 0.5) is 0 Å². The molecule has 0 aromatic heterocycles. The number of hydrogen-bond acceptors (Lipinski definition) is 2. The number of nitrogens with two attached hydrogens (primary N) is 1. The Kier molecular flexibility index (Phi) is 2.43. The second-order valence-corrected chi connectivity index (χ2v) is 1.14. The van der Waals surface area contributed by atoms with Gasteiger partial charge in [-0.3, -0.25) is 0 Å². The molecule has 2 nitrogen and oxygen atoms in total. The predicted octanol–water partition coefficient (Wildman–Crippen LogP) is 0.247. The summed E-state index contributed by atoms with van der Waals surface area (Å²) in [6, 6.07) is 1.63. The fourth-order valence-corrected chi connectivity index (χ4v) is 0.0913. The van der Waals surface area contributed by atoms with Crippen LogP contribution in [0.5, 0.6) is 0 Å². The topological polar surface area (TPSA) is 49.8 Å². The van der Waals surface area contributed by atoms with E-state index < -0.39 is 0 Å². The summed E-state index contributed by atoms with van der Waals surface area (Å²) in [4.78, 5) is 0. The lowest BCUT2D eigenvalue weighted by molar-refractivity contribution is 0.795. The highest BCUT2D eigenvalue weighted by atomic mass is 14.6. The maximum absolute atomic E-state index is 7.96. The average Bonchev–Trinajstić information content (AvgIpc) is 1.65. The van der Waals surface area contributed by atoms with E-state index in [0.717, 1.165) is 6.42 Å². The van der Waals surface area contributed by atoms with Crippen molar-refractivity contribution < 1.29 is 0 Å². The van der Waals surface area contributed by atoms with E-state index in [4.69, 9.17) is 11.0 Å². The molecule has 2 N–H and O–H groups in total. The Morgan fingerprint density at radius 1 is 2.00 bits per heavy atom. The Hall–Kier alpha value is -0.550. The van der Waals surface area contributed by atoms with Crippen LogP contribution >= 0.6 is 0 Å². The van der Waals surface area contributed by atoms with Crippen LogP contribution in [0.15, 0.2) is 0 Å². The van der Waals surface area contributed by atoms with Crippen LogP contribution in [-0.2, 0) is 0 Å². The largest absolute Gasteiger partial charge is 0.316 e. The van der Waals surface area contributed by atoms with Gasteiger partial charge in [0.05, 0.1) is 12.1 Å². The van der Waals surface area contributed by atoms with Crippen LogP contribution in [0, 0.1) is 11.3 Å². The number of nitriles is 1. The summed E-state index contributed by atoms with van der Waals surface area (Å²) >= 11 is 0. The van der Waals surface area contributed by atoms with Gasteiger partial charge in [-0.2, -0.15) is 5.26 Å². The molecular weight excluding hydrogens is 76.1 g/mol. The van der Waals surface area contributed by atoms with Gasteiger partial charge in [-0.15, -0.1) is 0 Å². The summed E-state index contributed by atoms with van der Waals surface area (Å²) in [5, 5.41) is 7.96. The second-order valence-electron chi connectivity index (χ2n) is 1.14. The molecule has 0 saturated carbocycles. The van der Waals surface area contributed by atoms with Crippen LogP contribution < -0.4 is 5.73 Å². The van der Waals surface area contributed by atoms with Gasteiger partial charge in [-0.05, 0) is 6.42 Å². The highest BCUT2D eigenvalue weighted by molar-refractivity contribution is 4.84. The molecule has 0 aliphatic rings. The molecule has 2 heteroatoms. The maximum atomic E-state index is 7.96. The number of nitrogens with zero attached hydrogens (tertiary/aromatic N) is 1. The zero-order chi connectivity index (χ0) is 4.99. The van der Waals surface area contributed by atoms with Crippen molar-refractivity contribution >= 4 is 0 Å². The number of rotatable bonds is 1. The van der Waals surface area contributed by atoms with Crippen LogP contribution in [0.1, 0.15) is 13.3 Å². The van der Waals surface area contributed by atoms with Crippen molar-refractivity contribution in [3.05, 3.63) is 0 Å². The molecule has 0 aliphatic heterocycles. The van der Waals surface area contributed by atoms with Gasteiger partial charge in [0.2, 0.25) is 0 Å². The summed E-state index contributed by atoms with van der Waals surface area (Å²) in [6.07, 6.45) is 0.747. The molecule has 6 heavy (non-hydrogen) atoms. The minimum absolute atomic E-state index is 0.259. The van der Waals surface area contributed by atoms with Crippen LogP contribution in [-0.4, -0.2) is 6.04 Å². The molecule has 0 fully saturated rings. The average molecular weight is 84.1 g/mol. The molecule has 0 rings (SSSR count). The summed E-state index contributed by atoms with van der Waals surface area (Å²) in [6.45, 7) is 1.88. The quantitative estimate of drug-likeness (QED) is 0.495. The van der Waals surface area contributed by atoms with Gasteiger partial charge in [0.25, 0.3) is 0 Å². The first-order chi connectivity index (χ1) is 2.81. The zero-order valence-corrected chi connectivity index (χ0v) is 3.81. The Morgan fingerprint density at radius 3 is 2.50 bits per heavy atom. The van der Waals surface area contributed by atoms with Gasteiger partial charge in [0, 0.05) is 0 Å². The Balaban J connectivity index is 3.04. The van der Waals surface area contributed by atoms with E-state index in [1.807, 2.05) is 13.0 Å². The first-order valence-corrected chi connectivity index (χ1v) is 1.96. The highest BCUT2D eigenvalue weighted by Gasteiger charge is 1.88. The molecule has 0 unspecified atom stereocenters. The molecule has 0 amide bonds. The fourth-order valence-electron chi connectivity index (χ4n) is 0.0913. The van der Waals surface area contributed by atoms with Gasteiger partial charge in [-0.25, -0.2) is 0 Å². The highest BCUT2D eigenvalue weighted by Crippen LogP contribution is 1.77. The molecule has 0 spiro atoms. The Bertz CT molecular complexity index is 62.4. The van der Waals surface area contributed by atoms with Gasteiger partial charge in [0.1, 0.15) is 0 Å². The Labute approximate surface area is 37.6 Å².